The first kappa shape index (κ1) is 17.0. The van der Waals surface area contributed by atoms with Crippen molar-refractivity contribution >= 4 is 0 Å². The highest BCUT2D eigenvalue weighted by Crippen LogP contribution is 2.18. The second-order valence-corrected chi connectivity index (χ2v) is 5.26. The van der Waals surface area contributed by atoms with Crippen LogP contribution in [0.25, 0.3) is 0 Å². The van der Waals surface area contributed by atoms with Crippen LogP contribution in [0.2, 0.25) is 0 Å². The van der Waals surface area contributed by atoms with Crippen molar-refractivity contribution in [2.75, 3.05) is 19.7 Å². The predicted octanol–water partition coefficient (Wildman–Crippen LogP) is 2.23. The zero-order valence-electron chi connectivity index (χ0n) is 12.6. The summed E-state index contributed by atoms with van der Waals surface area (Å²) in [5.74, 6) is 0.891. The van der Waals surface area contributed by atoms with Crippen molar-refractivity contribution in [1.29, 1.82) is 0 Å². The number of hydrogen-bond donors (Lipinski definition) is 3. The molecule has 1 atom stereocenters. The van der Waals surface area contributed by atoms with E-state index in [4.69, 9.17) is 15.6 Å². The Morgan fingerprint density at radius 1 is 1.15 bits per heavy atom. The van der Waals surface area contributed by atoms with Gasteiger partial charge in [0, 0.05) is 19.2 Å². The van der Waals surface area contributed by atoms with E-state index in [1.165, 1.54) is 5.56 Å². The van der Waals surface area contributed by atoms with Crippen LogP contribution in [0.15, 0.2) is 24.3 Å². The Hall–Kier alpha value is -1.10. The van der Waals surface area contributed by atoms with E-state index in [-0.39, 0.29) is 18.8 Å². The van der Waals surface area contributed by atoms with Crippen LogP contribution in [0, 0.1) is 0 Å². The summed E-state index contributed by atoms with van der Waals surface area (Å²) in [6, 6.07) is 8.29. The molecule has 114 valence electrons. The van der Waals surface area contributed by atoms with E-state index in [1.54, 1.807) is 0 Å². The van der Waals surface area contributed by atoms with Gasteiger partial charge in [-0.15, -0.1) is 0 Å². The second-order valence-electron chi connectivity index (χ2n) is 5.26. The molecule has 0 bridgehead atoms. The number of nitrogens with two attached hydrogens (primary N) is 1. The number of hydrogen-bond acceptors (Lipinski definition) is 4. The van der Waals surface area contributed by atoms with Crippen LogP contribution in [0.3, 0.4) is 0 Å². The molecule has 1 unspecified atom stereocenters. The smallest absolute Gasteiger partial charge is 0.119 e. The van der Waals surface area contributed by atoms with Crippen molar-refractivity contribution in [1.82, 2.24) is 5.32 Å². The molecular formula is C16H28N2O2. The fourth-order valence-electron chi connectivity index (χ4n) is 2.08. The van der Waals surface area contributed by atoms with Crippen LogP contribution in [-0.2, 0) is 0 Å². The van der Waals surface area contributed by atoms with Crippen LogP contribution in [0.4, 0.5) is 0 Å². The van der Waals surface area contributed by atoms with Gasteiger partial charge in [0.2, 0.25) is 0 Å². The maximum absolute atomic E-state index is 8.74. The van der Waals surface area contributed by atoms with Gasteiger partial charge in [0.1, 0.15) is 5.75 Å². The Kier molecular flexibility index (Phi) is 8.26. The molecule has 0 aliphatic rings. The van der Waals surface area contributed by atoms with E-state index in [9.17, 15) is 0 Å². The lowest BCUT2D eigenvalue weighted by Crippen LogP contribution is -2.29. The normalized spacial score (nSPS) is 12.7. The molecule has 20 heavy (non-hydrogen) atoms. The third-order valence-electron chi connectivity index (χ3n) is 3.12. The highest BCUT2D eigenvalue weighted by atomic mass is 16.5. The number of aliphatic hydroxyl groups excluding tert-OH is 1. The molecule has 0 radical (unpaired) electrons. The van der Waals surface area contributed by atoms with E-state index in [2.05, 4.69) is 17.4 Å². The standard InChI is InChI=1S/C16H28N2O2/c1-13(2)20-15-8-6-14(7-9-15)16(12-17)18-10-4-3-5-11-19/h6-9,13,16,18-19H,3-5,10-12,17H2,1-2H3. The maximum atomic E-state index is 8.74. The lowest BCUT2D eigenvalue weighted by Gasteiger charge is -2.18. The third-order valence-corrected chi connectivity index (χ3v) is 3.12. The minimum absolute atomic E-state index is 0.178. The SMILES string of the molecule is CC(C)Oc1ccc(C(CN)NCCCCCO)cc1. The molecule has 4 nitrogen and oxygen atoms in total. The monoisotopic (exact) mass is 280 g/mol. The summed E-state index contributed by atoms with van der Waals surface area (Å²) in [6.45, 7) is 5.81. The fraction of sp³-hybridized carbons (Fsp3) is 0.625. The average Bonchev–Trinajstić information content (AvgIpc) is 2.43. The summed E-state index contributed by atoms with van der Waals surface area (Å²) in [6.07, 6.45) is 3.17. The van der Waals surface area contributed by atoms with Gasteiger partial charge in [-0.3, -0.25) is 0 Å². The van der Waals surface area contributed by atoms with Crippen molar-refractivity contribution in [3.8, 4) is 5.75 Å². The molecule has 0 saturated carbocycles. The molecule has 1 rings (SSSR count). The zero-order valence-corrected chi connectivity index (χ0v) is 12.6. The van der Waals surface area contributed by atoms with Gasteiger partial charge < -0.3 is 20.9 Å². The van der Waals surface area contributed by atoms with Crippen LogP contribution < -0.4 is 15.8 Å². The van der Waals surface area contributed by atoms with Crippen LogP contribution in [0.5, 0.6) is 5.75 Å². The van der Waals surface area contributed by atoms with Crippen LogP contribution in [0.1, 0.15) is 44.7 Å². The molecule has 0 saturated heterocycles. The van der Waals surface area contributed by atoms with Gasteiger partial charge in [0.25, 0.3) is 0 Å². The summed E-state index contributed by atoms with van der Waals surface area (Å²) in [5.41, 5.74) is 7.02. The van der Waals surface area contributed by atoms with Crippen molar-refractivity contribution in [2.45, 2.75) is 45.3 Å². The summed E-state index contributed by atoms with van der Waals surface area (Å²) >= 11 is 0. The third kappa shape index (κ3) is 6.37. The molecular weight excluding hydrogens is 252 g/mol. The highest BCUT2D eigenvalue weighted by molar-refractivity contribution is 5.29. The molecule has 1 aromatic rings. The van der Waals surface area contributed by atoms with Crippen molar-refractivity contribution in [3.05, 3.63) is 29.8 Å². The average molecular weight is 280 g/mol. The fourth-order valence-corrected chi connectivity index (χ4v) is 2.08. The molecule has 0 amide bonds. The number of rotatable bonds is 10. The van der Waals surface area contributed by atoms with Crippen LogP contribution in [-0.4, -0.2) is 30.9 Å². The van der Waals surface area contributed by atoms with E-state index in [1.807, 2.05) is 26.0 Å². The van der Waals surface area contributed by atoms with Crippen LogP contribution >= 0.6 is 0 Å². The molecule has 4 heteroatoms. The Labute approximate surface area is 122 Å². The van der Waals surface area contributed by atoms with Crippen molar-refractivity contribution in [3.63, 3.8) is 0 Å². The van der Waals surface area contributed by atoms with Crippen molar-refractivity contribution in [2.24, 2.45) is 5.73 Å². The van der Waals surface area contributed by atoms with E-state index >= 15 is 0 Å². The van der Waals surface area contributed by atoms with Crippen molar-refractivity contribution < 1.29 is 9.84 Å². The highest BCUT2D eigenvalue weighted by Gasteiger charge is 2.08. The number of benzene rings is 1. The lowest BCUT2D eigenvalue weighted by molar-refractivity contribution is 0.242. The molecule has 0 aliphatic carbocycles. The Morgan fingerprint density at radius 2 is 1.85 bits per heavy atom. The van der Waals surface area contributed by atoms with Gasteiger partial charge in [0.15, 0.2) is 0 Å². The second kappa shape index (κ2) is 9.75. The van der Waals surface area contributed by atoms with E-state index < -0.39 is 0 Å². The van der Waals surface area contributed by atoms with Gasteiger partial charge in [-0.25, -0.2) is 0 Å². The summed E-state index contributed by atoms with van der Waals surface area (Å²) in [4.78, 5) is 0. The summed E-state index contributed by atoms with van der Waals surface area (Å²) in [7, 11) is 0. The molecule has 0 heterocycles. The largest absolute Gasteiger partial charge is 0.491 e. The number of unbranched alkanes of at least 4 members (excludes halogenated alkanes) is 2. The minimum Gasteiger partial charge on any atom is -0.491 e. The topological polar surface area (TPSA) is 67.5 Å². The summed E-state index contributed by atoms with van der Waals surface area (Å²) < 4.78 is 5.63. The molecule has 0 aliphatic heterocycles. The Morgan fingerprint density at radius 3 is 2.40 bits per heavy atom. The first-order valence-electron chi connectivity index (χ1n) is 7.48. The van der Waals surface area contributed by atoms with E-state index in [0.29, 0.717) is 6.54 Å². The first-order valence-corrected chi connectivity index (χ1v) is 7.48. The predicted molar refractivity (Wildman–Crippen MR) is 82.9 cm³/mol. The first-order chi connectivity index (χ1) is 9.67. The van der Waals surface area contributed by atoms with Gasteiger partial charge >= 0.3 is 0 Å². The quantitative estimate of drug-likeness (QED) is 0.575. The molecule has 0 spiro atoms. The lowest BCUT2D eigenvalue weighted by atomic mass is 10.1. The van der Waals surface area contributed by atoms with Gasteiger partial charge in [-0.05, 0) is 57.4 Å². The Balaban J connectivity index is 2.44. The number of aliphatic hydroxyl groups is 1. The van der Waals surface area contributed by atoms with Gasteiger partial charge in [-0.2, -0.15) is 0 Å². The van der Waals surface area contributed by atoms with Gasteiger partial charge in [-0.1, -0.05) is 12.1 Å². The molecule has 1 aromatic carbocycles. The zero-order chi connectivity index (χ0) is 14.8. The molecule has 0 fully saturated rings. The molecule has 0 aromatic heterocycles. The molecule has 4 N–H and O–H groups in total. The number of ether oxygens (including phenoxy) is 1. The van der Waals surface area contributed by atoms with Gasteiger partial charge in [0.05, 0.1) is 6.10 Å². The minimum atomic E-state index is 0.178. The number of nitrogens with one attached hydrogen (secondary N) is 1. The van der Waals surface area contributed by atoms with E-state index in [0.717, 1.165) is 31.6 Å². The summed E-state index contributed by atoms with van der Waals surface area (Å²) in [5, 5.41) is 12.2. The Bertz CT molecular complexity index is 352. The maximum Gasteiger partial charge on any atom is 0.119 e.